The van der Waals surface area contributed by atoms with Crippen LogP contribution in [0, 0.1) is 5.82 Å². The Balaban J connectivity index is 1.69. The van der Waals surface area contributed by atoms with Crippen molar-refractivity contribution >= 4 is 21.7 Å². The summed E-state index contributed by atoms with van der Waals surface area (Å²) in [4.78, 5) is 26.9. The average Bonchev–Trinajstić information content (AvgIpc) is 2.88. The van der Waals surface area contributed by atoms with Gasteiger partial charge in [-0.25, -0.2) is 12.8 Å². The number of fused-ring (bicyclic) bond motifs is 1. The van der Waals surface area contributed by atoms with E-state index in [-0.39, 0.29) is 36.2 Å². The first-order valence-corrected chi connectivity index (χ1v) is 10.3. The van der Waals surface area contributed by atoms with Gasteiger partial charge in [-0.15, -0.1) is 0 Å². The Morgan fingerprint density at radius 3 is 2.62 bits per heavy atom. The lowest BCUT2D eigenvalue weighted by atomic mass is 10.0. The van der Waals surface area contributed by atoms with E-state index in [0.717, 1.165) is 0 Å². The number of carboxylic acid groups (broad SMARTS) is 1. The predicted octanol–water partition coefficient (Wildman–Crippen LogP) is 0.153. The van der Waals surface area contributed by atoms with Gasteiger partial charge < -0.3 is 10.0 Å². The zero-order valence-electron chi connectivity index (χ0n) is 14.2. The van der Waals surface area contributed by atoms with Crippen LogP contribution in [0.1, 0.15) is 12.0 Å². The van der Waals surface area contributed by atoms with Crippen molar-refractivity contribution < 1.29 is 27.5 Å². The Morgan fingerprint density at radius 1 is 1.19 bits per heavy atom. The van der Waals surface area contributed by atoms with Crippen molar-refractivity contribution in [3.05, 3.63) is 35.6 Å². The number of carbonyl (C=O) groups excluding carboxylic acids is 1. The molecule has 2 heterocycles. The fourth-order valence-corrected chi connectivity index (χ4v) is 5.80. The number of hydrogen-bond acceptors (Lipinski definition) is 5. The molecule has 1 N–H and O–H groups in total. The maximum absolute atomic E-state index is 13.2. The van der Waals surface area contributed by atoms with E-state index in [2.05, 4.69) is 0 Å². The molecular formula is C17H21FN2O5S. The molecule has 142 valence electrons. The second kappa shape index (κ2) is 7.32. The summed E-state index contributed by atoms with van der Waals surface area (Å²) in [5.41, 5.74) is 0.707. The summed E-state index contributed by atoms with van der Waals surface area (Å²) in [5.74, 6) is -1.83. The van der Waals surface area contributed by atoms with Crippen molar-refractivity contribution in [1.82, 2.24) is 9.80 Å². The maximum atomic E-state index is 13.2. The summed E-state index contributed by atoms with van der Waals surface area (Å²) in [6.07, 6.45) is 0.529. The quantitative estimate of drug-likeness (QED) is 0.777. The predicted molar refractivity (Wildman–Crippen MR) is 91.9 cm³/mol. The molecule has 9 heteroatoms. The van der Waals surface area contributed by atoms with E-state index < -0.39 is 27.9 Å². The minimum Gasteiger partial charge on any atom is -0.480 e. The van der Waals surface area contributed by atoms with Gasteiger partial charge in [-0.2, -0.15) is 0 Å². The van der Waals surface area contributed by atoms with Gasteiger partial charge in [-0.3, -0.25) is 14.5 Å². The Kier molecular flexibility index (Phi) is 5.29. The molecule has 2 fully saturated rings. The highest BCUT2D eigenvalue weighted by molar-refractivity contribution is 7.91. The fourth-order valence-electron chi connectivity index (χ4n) is 3.79. The second-order valence-corrected chi connectivity index (χ2v) is 8.95. The standard InChI is InChI=1S/C17H21FN2O5S/c18-13-3-1-2-12(8-13)4-5-16(21)20-7-6-19(9-17(22)23)14-10-26(24,25)11-15(14)20/h1-3,8,14-15H,4-7,9-11H2,(H,22,23)/t14-,15+/m0/s1. The van der Waals surface area contributed by atoms with Crippen LogP contribution in [0.5, 0.6) is 0 Å². The zero-order valence-corrected chi connectivity index (χ0v) is 15.0. The molecule has 0 bridgehead atoms. The molecule has 2 atom stereocenters. The van der Waals surface area contributed by atoms with Crippen LogP contribution in [0.2, 0.25) is 0 Å². The van der Waals surface area contributed by atoms with Crippen molar-refractivity contribution in [3.8, 4) is 0 Å². The van der Waals surface area contributed by atoms with Gasteiger partial charge >= 0.3 is 5.97 Å². The highest BCUT2D eigenvalue weighted by Crippen LogP contribution is 2.27. The molecule has 0 aliphatic carbocycles. The molecule has 0 saturated carbocycles. The molecule has 0 aromatic heterocycles. The SMILES string of the molecule is O=C(O)CN1CCN(C(=O)CCc2cccc(F)c2)[C@@H]2CS(=O)(=O)C[C@@H]21. The third-order valence-corrected chi connectivity index (χ3v) is 6.67. The van der Waals surface area contributed by atoms with E-state index in [1.165, 1.54) is 12.1 Å². The van der Waals surface area contributed by atoms with E-state index in [0.29, 0.717) is 25.1 Å². The van der Waals surface area contributed by atoms with Gasteiger partial charge in [0.25, 0.3) is 0 Å². The number of amides is 1. The van der Waals surface area contributed by atoms with E-state index in [4.69, 9.17) is 5.11 Å². The lowest BCUT2D eigenvalue weighted by Crippen LogP contribution is -2.61. The molecule has 0 spiro atoms. The number of hydrogen-bond donors (Lipinski definition) is 1. The highest BCUT2D eigenvalue weighted by Gasteiger charge is 2.48. The van der Waals surface area contributed by atoms with E-state index in [1.807, 2.05) is 0 Å². The number of rotatable bonds is 5. The third-order valence-electron chi connectivity index (χ3n) is 4.97. The lowest BCUT2D eigenvalue weighted by molar-refractivity contribution is -0.142. The van der Waals surface area contributed by atoms with Crippen LogP contribution < -0.4 is 0 Å². The molecule has 0 radical (unpaired) electrons. The number of aliphatic carboxylic acids is 1. The van der Waals surface area contributed by atoms with Crippen LogP contribution in [-0.4, -0.2) is 78.4 Å². The number of carbonyl (C=O) groups is 2. The molecule has 1 aromatic rings. The molecule has 0 unspecified atom stereocenters. The molecular weight excluding hydrogens is 363 g/mol. The number of benzene rings is 1. The van der Waals surface area contributed by atoms with Gasteiger partial charge in [0.05, 0.1) is 24.1 Å². The molecule has 1 aromatic carbocycles. The van der Waals surface area contributed by atoms with Gasteiger partial charge in [0, 0.05) is 25.6 Å². The number of nitrogens with zero attached hydrogens (tertiary/aromatic N) is 2. The Morgan fingerprint density at radius 2 is 1.92 bits per heavy atom. The average molecular weight is 384 g/mol. The molecule has 2 saturated heterocycles. The van der Waals surface area contributed by atoms with Crippen LogP contribution in [0.15, 0.2) is 24.3 Å². The summed E-state index contributed by atoms with van der Waals surface area (Å²) < 4.78 is 37.4. The largest absolute Gasteiger partial charge is 0.480 e. The Labute approximate surface area is 151 Å². The van der Waals surface area contributed by atoms with Gasteiger partial charge in [-0.05, 0) is 24.1 Å². The van der Waals surface area contributed by atoms with E-state index >= 15 is 0 Å². The first kappa shape index (κ1) is 18.8. The number of piperazine rings is 1. The minimum absolute atomic E-state index is 0.126. The molecule has 3 rings (SSSR count). The summed E-state index contributed by atoms with van der Waals surface area (Å²) >= 11 is 0. The van der Waals surface area contributed by atoms with Gasteiger partial charge in [0.2, 0.25) is 5.91 Å². The Hall–Kier alpha value is -2.00. The maximum Gasteiger partial charge on any atom is 0.317 e. The first-order chi connectivity index (χ1) is 12.2. The smallest absolute Gasteiger partial charge is 0.317 e. The van der Waals surface area contributed by atoms with Crippen molar-refractivity contribution in [1.29, 1.82) is 0 Å². The molecule has 7 nitrogen and oxygen atoms in total. The highest BCUT2D eigenvalue weighted by atomic mass is 32.2. The summed E-state index contributed by atoms with van der Waals surface area (Å²) in [7, 11) is -3.31. The number of sulfone groups is 1. The number of carboxylic acids is 1. The zero-order chi connectivity index (χ0) is 18.9. The number of aryl methyl sites for hydroxylation is 1. The number of halogens is 1. The summed E-state index contributed by atoms with van der Waals surface area (Å²) in [6, 6.07) is 5.03. The Bertz CT molecular complexity index is 813. The van der Waals surface area contributed by atoms with Crippen LogP contribution in [0.4, 0.5) is 4.39 Å². The topological polar surface area (TPSA) is 95.0 Å². The van der Waals surface area contributed by atoms with Crippen LogP contribution in [-0.2, 0) is 25.8 Å². The van der Waals surface area contributed by atoms with Crippen LogP contribution in [0.25, 0.3) is 0 Å². The summed E-state index contributed by atoms with van der Waals surface area (Å²) in [5, 5.41) is 9.02. The van der Waals surface area contributed by atoms with Gasteiger partial charge in [0.1, 0.15) is 5.82 Å². The van der Waals surface area contributed by atoms with Gasteiger partial charge in [0.15, 0.2) is 9.84 Å². The molecule has 26 heavy (non-hydrogen) atoms. The van der Waals surface area contributed by atoms with Crippen molar-refractivity contribution in [2.75, 3.05) is 31.1 Å². The second-order valence-electron chi connectivity index (χ2n) is 6.79. The van der Waals surface area contributed by atoms with Crippen LogP contribution >= 0.6 is 0 Å². The van der Waals surface area contributed by atoms with E-state index in [1.54, 1.807) is 21.9 Å². The summed E-state index contributed by atoms with van der Waals surface area (Å²) in [6.45, 7) is 0.392. The fraction of sp³-hybridized carbons (Fsp3) is 0.529. The molecule has 1 amide bonds. The third kappa shape index (κ3) is 4.21. The normalized spacial score (nSPS) is 25.0. The monoisotopic (exact) mass is 384 g/mol. The van der Waals surface area contributed by atoms with Gasteiger partial charge in [-0.1, -0.05) is 12.1 Å². The van der Waals surface area contributed by atoms with Crippen molar-refractivity contribution in [3.63, 3.8) is 0 Å². The van der Waals surface area contributed by atoms with Crippen molar-refractivity contribution in [2.24, 2.45) is 0 Å². The van der Waals surface area contributed by atoms with E-state index in [9.17, 15) is 22.4 Å². The van der Waals surface area contributed by atoms with Crippen molar-refractivity contribution in [2.45, 2.75) is 24.9 Å². The van der Waals surface area contributed by atoms with Crippen LogP contribution in [0.3, 0.4) is 0 Å². The lowest BCUT2D eigenvalue weighted by Gasteiger charge is -2.43. The molecule has 2 aliphatic heterocycles. The minimum atomic E-state index is -3.31. The molecule has 2 aliphatic rings. The first-order valence-electron chi connectivity index (χ1n) is 8.45.